The molecule has 0 amide bonds. The predicted molar refractivity (Wildman–Crippen MR) is 196 cm³/mol. The van der Waals surface area contributed by atoms with Crippen molar-refractivity contribution in [1.29, 1.82) is 10.5 Å². The molecule has 2 saturated heterocycles. The Kier molecular flexibility index (Phi) is 9.69. The van der Waals surface area contributed by atoms with Crippen molar-refractivity contribution in [3.8, 4) is 17.9 Å². The molecule has 1 atom stereocenters. The van der Waals surface area contributed by atoms with E-state index in [1.807, 2.05) is 25.1 Å². The van der Waals surface area contributed by atoms with Gasteiger partial charge in [0.25, 0.3) is 11.1 Å². The Labute approximate surface area is 300 Å². The zero-order chi connectivity index (χ0) is 36.4. The molecule has 0 radical (unpaired) electrons. The fourth-order valence-corrected chi connectivity index (χ4v) is 7.40. The molecule has 0 aliphatic carbocycles. The summed E-state index contributed by atoms with van der Waals surface area (Å²) < 4.78 is 19.1. The molecule has 7 rings (SSSR count). The highest BCUT2D eigenvalue weighted by Gasteiger charge is 2.34. The van der Waals surface area contributed by atoms with E-state index in [1.165, 1.54) is 0 Å². The van der Waals surface area contributed by atoms with Crippen LogP contribution >= 0.6 is 0 Å². The minimum absolute atomic E-state index is 0.0361. The molecule has 14 heteroatoms. The van der Waals surface area contributed by atoms with Gasteiger partial charge in [0.15, 0.2) is 0 Å². The van der Waals surface area contributed by atoms with Crippen LogP contribution in [0.15, 0.2) is 58.4 Å². The Hall–Kier alpha value is -5.70. The van der Waals surface area contributed by atoms with E-state index >= 15 is 0 Å². The van der Waals surface area contributed by atoms with E-state index < -0.39 is 16.7 Å². The van der Waals surface area contributed by atoms with Crippen molar-refractivity contribution < 1.29 is 14.2 Å². The largest absolute Gasteiger partial charge is 0.491 e. The zero-order valence-corrected chi connectivity index (χ0v) is 29.6. The molecule has 0 saturated carbocycles. The first-order valence-electron chi connectivity index (χ1n) is 17.6. The second-order valence-electron chi connectivity index (χ2n) is 13.6. The minimum atomic E-state index is -0.617. The van der Waals surface area contributed by atoms with Gasteiger partial charge < -0.3 is 29.0 Å². The van der Waals surface area contributed by atoms with E-state index in [4.69, 9.17) is 14.2 Å². The molecule has 0 unspecified atom stereocenters. The maximum Gasteiger partial charge on any atom is 0.273 e. The third-order valence-corrected chi connectivity index (χ3v) is 10.4. The van der Waals surface area contributed by atoms with E-state index in [0.717, 1.165) is 29.2 Å². The van der Waals surface area contributed by atoms with Gasteiger partial charge in [-0.05, 0) is 68.5 Å². The molecular formula is C38H41N9O5. The van der Waals surface area contributed by atoms with Crippen LogP contribution in [0.5, 0.6) is 5.75 Å². The summed E-state index contributed by atoms with van der Waals surface area (Å²) in [7, 11) is 1.60. The Bertz CT molecular complexity index is 2310. The number of nitrogens with one attached hydrogen (secondary N) is 1. The molecule has 1 N–H and O–H groups in total. The molecule has 5 aromatic rings. The molecular weight excluding hydrogens is 662 g/mol. The highest BCUT2D eigenvalue weighted by molar-refractivity contribution is 5.96. The molecule has 0 bridgehead atoms. The Balaban J connectivity index is 1.15. The van der Waals surface area contributed by atoms with Crippen LogP contribution in [0, 0.1) is 22.7 Å². The number of nitrogens with zero attached hydrogens (tertiary/aromatic N) is 8. The van der Waals surface area contributed by atoms with Gasteiger partial charge in [0.2, 0.25) is 0 Å². The minimum Gasteiger partial charge on any atom is -0.491 e. The van der Waals surface area contributed by atoms with Crippen molar-refractivity contribution in [1.82, 2.24) is 24.5 Å². The Morgan fingerprint density at radius 3 is 2.40 bits per heavy atom. The van der Waals surface area contributed by atoms with E-state index in [1.54, 1.807) is 41.0 Å². The lowest BCUT2D eigenvalue weighted by Gasteiger charge is -2.41. The predicted octanol–water partition coefficient (Wildman–Crippen LogP) is 4.25. The van der Waals surface area contributed by atoms with Crippen LogP contribution in [-0.2, 0) is 22.6 Å². The lowest BCUT2D eigenvalue weighted by molar-refractivity contribution is -0.0814. The summed E-state index contributed by atoms with van der Waals surface area (Å²) in [6, 6.07) is 15.8. The van der Waals surface area contributed by atoms with E-state index in [-0.39, 0.29) is 23.9 Å². The average molecular weight is 704 g/mol. The van der Waals surface area contributed by atoms with Crippen molar-refractivity contribution in [2.24, 2.45) is 0 Å². The van der Waals surface area contributed by atoms with Gasteiger partial charge in [-0.2, -0.15) is 25.5 Å². The molecule has 268 valence electrons. The van der Waals surface area contributed by atoms with Crippen molar-refractivity contribution in [3.63, 3.8) is 0 Å². The quantitative estimate of drug-likeness (QED) is 0.195. The topological polar surface area (TPSA) is 167 Å². The van der Waals surface area contributed by atoms with E-state index in [2.05, 4.69) is 50.1 Å². The number of piperidine rings is 1. The first-order valence-corrected chi connectivity index (χ1v) is 17.6. The molecule has 14 nitrogen and oxygen atoms in total. The summed E-state index contributed by atoms with van der Waals surface area (Å²) in [5.74, 6) is 0.609. The maximum atomic E-state index is 14.1. The summed E-state index contributed by atoms with van der Waals surface area (Å²) in [4.78, 5) is 35.8. The number of rotatable bonds is 11. The fourth-order valence-electron chi connectivity index (χ4n) is 7.40. The second kappa shape index (κ2) is 14.5. The number of aromatic nitrogens is 5. The number of aromatic amines is 1. The van der Waals surface area contributed by atoms with Crippen molar-refractivity contribution >= 4 is 33.2 Å². The van der Waals surface area contributed by atoms with Crippen LogP contribution in [0.4, 0.5) is 11.4 Å². The van der Waals surface area contributed by atoms with Crippen molar-refractivity contribution in [3.05, 3.63) is 86.2 Å². The molecule has 5 heterocycles. The lowest BCUT2D eigenvalue weighted by atomic mass is 9.92. The smallest absolute Gasteiger partial charge is 0.273 e. The van der Waals surface area contributed by atoms with Crippen molar-refractivity contribution in [2.45, 2.75) is 57.9 Å². The fraction of sp³-hybridized carbons (Fsp3) is 0.421. The third-order valence-electron chi connectivity index (χ3n) is 10.4. The number of nitriles is 2. The first kappa shape index (κ1) is 34.7. The molecule has 3 aromatic heterocycles. The number of anilines is 2. The van der Waals surface area contributed by atoms with Gasteiger partial charge in [-0.15, -0.1) is 0 Å². The van der Waals surface area contributed by atoms with Gasteiger partial charge in [0.05, 0.1) is 53.1 Å². The van der Waals surface area contributed by atoms with Gasteiger partial charge in [0, 0.05) is 44.1 Å². The zero-order valence-electron chi connectivity index (χ0n) is 29.6. The van der Waals surface area contributed by atoms with E-state index in [0.29, 0.717) is 80.4 Å². The number of aryl methyl sites for hydroxylation is 1. The lowest BCUT2D eigenvalue weighted by Crippen LogP contribution is -2.45. The molecule has 2 aliphatic rings. The summed E-state index contributed by atoms with van der Waals surface area (Å²) in [6.45, 7) is 7.13. The number of H-pyrrole nitrogens is 1. The number of ether oxygens (including phenoxy) is 3. The monoisotopic (exact) mass is 703 g/mol. The number of pyridine rings is 2. The van der Waals surface area contributed by atoms with Gasteiger partial charge in [-0.25, -0.2) is 0 Å². The number of methoxy groups -OCH3 is 1. The summed E-state index contributed by atoms with van der Waals surface area (Å²) in [5.41, 5.74) is 2.31. The van der Waals surface area contributed by atoms with Crippen LogP contribution in [0.3, 0.4) is 0 Å². The van der Waals surface area contributed by atoms with Crippen LogP contribution in [-0.4, -0.2) is 76.6 Å². The molecule has 2 aliphatic heterocycles. The highest BCUT2D eigenvalue weighted by atomic mass is 16.5. The molecule has 2 aromatic carbocycles. The summed E-state index contributed by atoms with van der Waals surface area (Å²) >= 11 is 0. The normalized spacial score (nSPS) is 17.1. The van der Waals surface area contributed by atoms with E-state index in [9.17, 15) is 20.1 Å². The maximum absolute atomic E-state index is 14.1. The van der Waals surface area contributed by atoms with Crippen LogP contribution in [0.25, 0.3) is 21.8 Å². The van der Waals surface area contributed by atoms with Crippen LogP contribution < -0.4 is 25.7 Å². The van der Waals surface area contributed by atoms with Gasteiger partial charge in [-0.1, -0.05) is 13.0 Å². The van der Waals surface area contributed by atoms with Gasteiger partial charge in [-0.3, -0.25) is 14.2 Å². The van der Waals surface area contributed by atoms with Crippen molar-refractivity contribution in [2.75, 3.05) is 56.3 Å². The summed E-state index contributed by atoms with van der Waals surface area (Å²) in [5, 5.41) is 30.6. The van der Waals surface area contributed by atoms with Crippen LogP contribution in [0.2, 0.25) is 0 Å². The number of hydrogen-bond acceptors (Lipinski definition) is 11. The number of fused-ring (bicyclic) bond motifs is 2. The number of hydrogen-bond donors (Lipinski definition) is 1. The van der Waals surface area contributed by atoms with Crippen LogP contribution in [0.1, 0.15) is 55.8 Å². The average Bonchev–Trinajstić information content (AvgIpc) is 3.87. The third kappa shape index (κ3) is 6.47. The SMILES string of the molecule is CCc1ccc2c(c1)c(N1CC[C@@H](n3nccn3)C1)c(C#N)c(=O)n2COC1(C)CCN(c2c(C#N)c(=O)[nH]c3ccc(OCCOC)cc23)CC1. The first-order chi connectivity index (χ1) is 25.3. The van der Waals surface area contributed by atoms with Gasteiger partial charge >= 0.3 is 0 Å². The molecule has 0 spiro atoms. The number of benzene rings is 2. The standard InChI is InChI=1S/C38H41N9O5/c1-4-25-5-8-33-29(19-25)35(45-14-9-26(23-45)47-41-12-13-42-47)31(22-40)37(49)46(33)24-52-38(2)10-15-44(16-11-38)34-28-20-27(51-18-17-50-3)6-7-32(28)43-36(48)30(34)21-39/h5-8,12-13,19-20,26H,4,9-11,14-18,23-24H2,1-3H3,(H,43,48)/t26-/m1/s1. The molecule has 2 fully saturated rings. The highest BCUT2D eigenvalue weighted by Crippen LogP contribution is 2.37. The van der Waals surface area contributed by atoms with Gasteiger partial charge in [0.1, 0.15) is 42.4 Å². The second-order valence-corrected chi connectivity index (χ2v) is 13.6. The Morgan fingerprint density at radius 2 is 1.69 bits per heavy atom. The molecule has 52 heavy (non-hydrogen) atoms. The Morgan fingerprint density at radius 1 is 0.942 bits per heavy atom. The summed E-state index contributed by atoms with van der Waals surface area (Å²) in [6.07, 6.45) is 6.05.